The molecule has 194 valence electrons. The van der Waals surface area contributed by atoms with Gasteiger partial charge in [0.2, 0.25) is 5.91 Å². The topological polar surface area (TPSA) is 155 Å². The largest absolute Gasteiger partial charge is 0.493 e. The summed E-state index contributed by atoms with van der Waals surface area (Å²) in [5, 5.41) is 24.5. The first-order valence-corrected chi connectivity index (χ1v) is 11.3. The maximum absolute atomic E-state index is 13.8. The molecule has 0 radical (unpaired) electrons. The number of nitrogens with zero attached hydrogens (tertiary/aromatic N) is 4. The van der Waals surface area contributed by atoms with E-state index >= 15 is 0 Å². The number of hydrogen-bond donors (Lipinski definition) is 0. The first kappa shape index (κ1) is 24.6. The van der Waals surface area contributed by atoms with Crippen molar-refractivity contribution in [3.05, 3.63) is 92.5 Å². The number of rotatable bonds is 7. The Kier molecular flexibility index (Phi) is 6.12. The number of hydroxylamine groups is 1. The Morgan fingerprint density at radius 2 is 1.45 bits per heavy atom. The van der Waals surface area contributed by atoms with E-state index in [1.54, 1.807) is 30.3 Å². The number of amides is 2. The van der Waals surface area contributed by atoms with Gasteiger partial charge >= 0.3 is 0 Å². The molecule has 0 aliphatic carbocycles. The quantitative estimate of drug-likeness (QED) is 0.256. The highest BCUT2D eigenvalue weighted by atomic mass is 16.7. The van der Waals surface area contributed by atoms with Crippen LogP contribution in [0.4, 0.5) is 22.7 Å². The first-order valence-electron chi connectivity index (χ1n) is 11.3. The average Bonchev–Trinajstić information content (AvgIpc) is 3.43. The Balaban J connectivity index is 1.65. The molecule has 2 heterocycles. The van der Waals surface area contributed by atoms with E-state index in [-0.39, 0.29) is 34.1 Å². The van der Waals surface area contributed by atoms with E-state index in [9.17, 15) is 29.8 Å². The van der Waals surface area contributed by atoms with Crippen molar-refractivity contribution in [2.24, 2.45) is 5.92 Å². The van der Waals surface area contributed by atoms with Crippen LogP contribution in [-0.2, 0) is 14.4 Å². The summed E-state index contributed by atoms with van der Waals surface area (Å²) in [5.74, 6) is -2.23. The summed E-state index contributed by atoms with van der Waals surface area (Å²) < 4.78 is 10.6. The van der Waals surface area contributed by atoms with Crippen LogP contribution in [0.25, 0.3) is 0 Å². The van der Waals surface area contributed by atoms with Gasteiger partial charge in [-0.05, 0) is 30.3 Å². The second-order valence-electron chi connectivity index (χ2n) is 8.47. The number of carbonyl (C=O) groups is 2. The van der Waals surface area contributed by atoms with Crippen LogP contribution in [0.1, 0.15) is 11.6 Å². The van der Waals surface area contributed by atoms with E-state index in [1.807, 2.05) is 0 Å². The predicted molar refractivity (Wildman–Crippen MR) is 132 cm³/mol. The second kappa shape index (κ2) is 9.44. The Bertz CT molecular complexity index is 1450. The predicted octanol–water partition coefficient (Wildman–Crippen LogP) is 3.57. The normalized spacial score (nSPS) is 20.4. The monoisotopic (exact) mass is 520 g/mol. The Labute approximate surface area is 215 Å². The molecule has 3 unspecified atom stereocenters. The van der Waals surface area contributed by atoms with Gasteiger partial charge in [-0.25, -0.2) is 9.96 Å². The molecule has 5 rings (SSSR count). The van der Waals surface area contributed by atoms with Crippen molar-refractivity contribution in [2.75, 3.05) is 24.2 Å². The van der Waals surface area contributed by atoms with Crippen molar-refractivity contribution >= 4 is 34.6 Å². The van der Waals surface area contributed by atoms with Crippen LogP contribution in [0.3, 0.4) is 0 Å². The summed E-state index contributed by atoms with van der Waals surface area (Å²) in [6, 6.07) is 15.0. The number of fused-ring (bicyclic) bond motifs is 1. The van der Waals surface area contributed by atoms with Crippen molar-refractivity contribution < 1.29 is 33.7 Å². The van der Waals surface area contributed by atoms with Crippen LogP contribution >= 0.6 is 0 Å². The molecular formula is C25H20N4O9. The molecule has 13 heteroatoms. The number of methoxy groups -OCH3 is 2. The minimum atomic E-state index is -1.30. The standard InChI is InChI=1S/C25H20N4O9/c1-36-19-12-17(18(29(34)35)13-20(19)37-2)22-21-23(38-27(22)15-6-4-3-5-7-15)25(31)26(24(21)30)14-8-10-16(11-9-14)28(32)33/h3-13,21-23H,1-2H3. The molecule has 2 saturated heterocycles. The van der Waals surface area contributed by atoms with Gasteiger partial charge in [0.15, 0.2) is 17.6 Å². The molecule has 0 bridgehead atoms. The van der Waals surface area contributed by atoms with Crippen LogP contribution in [0.15, 0.2) is 66.7 Å². The van der Waals surface area contributed by atoms with Crippen molar-refractivity contribution in [3.8, 4) is 11.5 Å². The third-order valence-electron chi connectivity index (χ3n) is 6.49. The van der Waals surface area contributed by atoms with E-state index < -0.39 is 39.7 Å². The lowest BCUT2D eigenvalue weighted by Crippen LogP contribution is -2.37. The highest BCUT2D eigenvalue weighted by molar-refractivity contribution is 6.24. The molecule has 3 aromatic carbocycles. The molecule has 0 saturated carbocycles. The molecule has 2 amide bonds. The number of nitro benzene ring substituents is 2. The molecule has 0 spiro atoms. The number of anilines is 2. The van der Waals surface area contributed by atoms with E-state index in [1.165, 1.54) is 55.7 Å². The van der Waals surface area contributed by atoms with Crippen LogP contribution in [-0.4, -0.2) is 42.0 Å². The van der Waals surface area contributed by atoms with Crippen LogP contribution < -0.4 is 19.4 Å². The molecular weight excluding hydrogens is 500 g/mol. The maximum atomic E-state index is 13.8. The number of para-hydroxylation sites is 1. The first-order chi connectivity index (χ1) is 18.3. The van der Waals surface area contributed by atoms with Gasteiger partial charge in [0, 0.05) is 12.1 Å². The third-order valence-corrected chi connectivity index (χ3v) is 6.49. The second-order valence-corrected chi connectivity index (χ2v) is 8.47. The van der Waals surface area contributed by atoms with E-state index in [2.05, 4.69) is 0 Å². The van der Waals surface area contributed by atoms with Crippen LogP contribution in [0.2, 0.25) is 0 Å². The number of carbonyl (C=O) groups excluding carboxylic acids is 2. The highest BCUT2D eigenvalue weighted by Crippen LogP contribution is 2.51. The lowest BCUT2D eigenvalue weighted by atomic mass is 9.89. The third kappa shape index (κ3) is 3.85. The highest BCUT2D eigenvalue weighted by Gasteiger charge is 2.61. The van der Waals surface area contributed by atoms with Gasteiger partial charge < -0.3 is 9.47 Å². The summed E-state index contributed by atoms with van der Waals surface area (Å²) in [5.41, 5.74) is 0.106. The van der Waals surface area contributed by atoms with Crippen molar-refractivity contribution in [2.45, 2.75) is 12.1 Å². The molecule has 2 fully saturated rings. The zero-order chi connectivity index (χ0) is 27.1. The summed E-state index contributed by atoms with van der Waals surface area (Å²) in [4.78, 5) is 56.1. The average molecular weight is 520 g/mol. The Morgan fingerprint density at radius 3 is 2.03 bits per heavy atom. The number of ether oxygens (including phenoxy) is 2. The van der Waals surface area contributed by atoms with Crippen LogP contribution in [0.5, 0.6) is 11.5 Å². The van der Waals surface area contributed by atoms with Gasteiger partial charge in [-0.15, -0.1) is 0 Å². The summed E-state index contributed by atoms with van der Waals surface area (Å²) >= 11 is 0. The minimum Gasteiger partial charge on any atom is -0.493 e. The molecule has 13 nitrogen and oxygen atoms in total. The zero-order valence-corrected chi connectivity index (χ0v) is 20.0. The van der Waals surface area contributed by atoms with Crippen LogP contribution in [0, 0.1) is 26.1 Å². The Morgan fingerprint density at radius 1 is 0.816 bits per heavy atom. The summed E-state index contributed by atoms with van der Waals surface area (Å²) in [6.45, 7) is 0. The Hall–Kier alpha value is -5.04. The van der Waals surface area contributed by atoms with Gasteiger partial charge in [0.05, 0.1) is 47.1 Å². The minimum absolute atomic E-state index is 0.0794. The molecule has 3 atom stereocenters. The zero-order valence-electron chi connectivity index (χ0n) is 20.0. The fourth-order valence-corrected chi connectivity index (χ4v) is 4.79. The van der Waals surface area contributed by atoms with Gasteiger partial charge in [0.25, 0.3) is 17.3 Å². The fourth-order valence-electron chi connectivity index (χ4n) is 4.79. The fraction of sp³-hybridized carbons (Fsp3) is 0.200. The molecule has 2 aliphatic rings. The van der Waals surface area contributed by atoms with Gasteiger partial charge in [-0.2, -0.15) is 0 Å². The number of imide groups is 1. The van der Waals surface area contributed by atoms with E-state index in [0.29, 0.717) is 5.69 Å². The van der Waals surface area contributed by atoms with Gasteiger partial charge in [-0.1, -0.05) is 18.2 Å². The van der Waals surface area contributed by atoms with Crippen molar-refractivity contribution in [3.63, 3.8) is 0 Å². The van der Waals surface area contributed by atoms with E-state index in [0.717, 1.165) is 4.90 Å². The molecule has 3 aromatic rings. The van der Waals surface area contributed by atoms with Gasteiger partial charge in [0.1, 0.15) is 12.0 Å². The molecule has 0 N–H and O–H groups in total. The number of nitro groups is 2. The number of hydrogen-bond acceptors (Lipinski definition) is 10. The lowest BCUT2D eigenvalue weighted by molar-refractivity contribution is -0.385. The van der Waals surface area contributed by atoms with Crippen molar-refractivity contribution in [1.82, 2.24) is 0 Å². The van der Waals surface area contributed by atoms with E-state index in [4.69, 9.17) is 14.3 Å². The smallest absolute Gasteiger partial charge is 0.278 e. The summed E-state index contributed by atoms with van der Waals surface area (Å²) in [6.07, 6.45) is -1.30. The molecule has 2 aliphatic heterocycles. The number of non-ortho nitro benzene ring substituents is 1. The maximum Gasteiger partial charge on any atom is 0.278 e. The molecule has 0 aromatic heterocycles. The lowest BCUT2D eigenvalue weighted by Gasteiger charge is -2.28. The van der Waals surface area contributed by atoms with Crippen molar-refractivity contribution in [1.29, 1.82) is 0 Å². The number of benzene rings is 3. The SMILES string of the molecule is COc1cc(C2C3C(=O)N(c4ccc([N+](=O)[O-])cc4)C(=O)C3ON2c2ccccc2)c([N+](=O)[O-])cc1OC. The molecule has 38 heavy (non-hydrogen) atoms. The summed E-state index contributed by atoms with van der Waals surface area (Å²) in [7, 11) is 2.71. The van der Waals surface area contributed by atoms with Gasteiger partial charge in [-0.3, -0.25) is 34.7 Å².